The molecule has 6 nitrogen and oxygen atoms in total. The highest BCUT2D eigenvalue weighted by Gasteiger charge is 2.23. The maximum atomic E-state index is 12.5. The van der Waals surface area contributed by atoms with Crippen LogP contribution in [0.1, 0.15) is 5.01 Å². The van der Waals surface area contributed by atoms with Crippen LogP contribution in [0, 0.1) is 6.92 Å². The molecule has 0 aliphatic heterocycles. The highest BCUT2D eigenvalue weighted by atomic mass is 32.1. The van der Waals surface area contributed by atoms with Crippen molar-refractivity contribution in [3.63, 3.8) is 0 Å². The molecular formula is C16H15N3O3S. The minimum Gasteiger partial charge on any atom is -0.494 e. The first-order chi connectivity index (χ1) is 10.9. The first-order valence-corrected chi connectivity index (χ1v) is 7.75. The lowest BCUT2D eigenvalue weighted by Gasteiger charge is -2.10. The Labute approximate surface area is 135 Å². The van der Waals surface area contributed by atoms with Gasteiger partial charge in [-0.05, 0) is 6.92 Å². The summed E-state index contributed by atoms with van der Waals surface area (Å²) in [5.74, 6) is -0.348. The number of hydrogen-bond acceptors (Lipinski definition) is 5. The van der Waals surface area contributed by atoms with Crippen LogP contribution in [0.2, 0.25) is 0 Å². The molecule has 0 aliphatic rings. The summed E-state index contributed by atoms with van der Waals surface area (Å²) in [6.07, 6.45) is 0. The van der Waals surface area contributed by atoms with Crippen molar-refractivity contribution in [2.75, 3.05) is 0 Å². The summed E-state index contributed by atoms with van der Waals surface area (Å²) in [6, 6.07) is 9.44. The number of thiazole rings is 1. The fourth-order valence-corrected chi connectivity index (χ4v) is 3.39. The Balaban J connectivity index is 2.39. The topological polar surface area (TPSA) is 77.1 Å². The molecule has 3 rings (SSSR count). The van der Waals surface area contributed by atoms with Crippen molar-refractivity contribution in [2.45, 2.75) is 6.92 Å². The van der Waals surface area contributed by atoms with E-state index in [1.54, 1.807) is 0 Å². The van der Waals surface area contributed by atoms with Crippen molar-refractivity contribution in [3.05, 3.63) is 56.2 Å². The second-order valence-electron chi connectivity index (χ2n) is 5.18. The third kappa shape index (κ3) is 2.39. The lowest BCUT2D eigenvalue weighted by atomic mass is 10.1. The van der Waals surface area contributed by atoms with Crippen LogP contribution in [-0.2, 0) is 14.1 Å². The number of aromatic hydroxyl groups is 1. The van der Waals surface area contributed by atoms with E-state index in [0.717, 1.165) is 19.7 Å². The van der Waals surface area contributed by atoms with Gasteiger partial charge < -0.3 is 5.11 Å². The Bertz CT molecular complexity index is 1000. The van der Waals surface area contributed by atoms with Gasteiger partial charge >= 0.3 is 5.69 Å². The average molecular weight is 329 g/mol. The molecule has 0 fully saturated rings. The molecule has 2 heterocycles. The summed E-state index contributed by atoms with van der Waals surface area (Å²) >= 11 is 1.31. The second-order valence-corrected chi connectivity index (χ2v) is 6.38. The van der Waals surface area contributed by atoms with Gasteiger partial charge in [-0.1, -0.05) is 30.3 Å². The van der Waals surface area contributed by atoms with Crippen LogP contribution >= 0.6 is 11.3 Å². The molecule has 7 heteroatoms. The molecule has 0 radical (unpaired) electrons. The van der Waals surface area contributed by atoms with Gasteiger partial charge in [-0.25, -0.2) is 9.78 Å². The number of benzene rings is 1. The van der Waals surface area contributed by atoms with Crippen LogP contribution < -0.4 is 11.2 Å². The quantitative estimate of drug-likeness (QED) is 0.779. The zero-order chi connectivity index (χ0) is 16.7. The third-order valence-electron chi connectivity index (χ3n) is 3.64. The minimum atomic E-state index is -0.571. The van der Waals surface area contributed by atoms with E-state index in [4.69, 9.17) is 0 Å². The molecule has 2 aromatic heterocycles. The first-order valence-electron chi connectivity index (χ1n) is 6.94. The monoisotopic (exact) mass is 329 g/mol. The van der Waals surface area contributed by atoms with E-state index in [1.165, 1.54) is 25.4 Å². The van der Waals surface area contributed by atoms with Gasteiger partial charge in [0.05, 0.1) is 15.6 Å². The Morgan fingerprint density at radius 2 is 1.74 bits per heavy atom. The van der Waals surface area contributed by atoms with Crippen LogP contribution in [0.3, 0.4) is 0 Å². The predicted octanol–water partition coefficient (Wildman–Crippen LogP) is 1.89. The van der Waals surface area contributed by atoms with Gasteiger partial charge in [0.15, 0.2) is 0 Å². The lowest BCUT2D eigenvalue weighted by Crippen LogP contribution is -2.37. The smallest absolute Gasteiger partial charge is 0.333 e. The van der Waals surface area contributed by atoms with Crippen molar-refractivity contribution in [3.8, 4) is 27.6 Å². The minimum absolute atomic E-state index is 0.0963. The van der Waals surface area contributed by atoms with E-state index in [0.29, 0.717) is 10.6 Å². The van der Waals surface area contributed by atoms with Crippen molar-refractivity contribution in [1.82, 2.24) is 14.1 Å². The fraction of sp³-hybridized carbons (Fsp3) is 0.188. The van der Waals surface area contributed by atoms with Crippen molar-refractivity contribution in [2.24, 2.45) is 14.1 Å². The molecule has 0 saturated carbocycles. The standard InChI is InChI=1S/C16H15N3O3S/c1-9-17-12(10-7-5-4-6-8-10)13(23-9)11-14(20)18(2)16(22)19(3)15(11)21/h4-8,20H,1-3H3. The SMILES string of the molecule is Cc1nc(-c2ccccc2)c(-c2c(O)n(C)c(=O)n(C)c2=O)s1. The van der Waals surface area contributed by atoms with E-state index in [1.807, 2.05) is 37.3 Å². The normalized spacial score (nSPS) is 10.9. The van der Waals surface area contributed by atoms with E-state index < -0.39 is 11.2 Å². The van der Waals surface area contributed by atoms with Gasteiger partial charge in [-0.15, -0.1) is 11.3 Å². The van der Waals surface area contributed by atoms with Crippen LogP contribution in [0.15, 0.2) is 39.9 Å². The molecular weight excluding hydrogens is 314 g/mol. The number of aromatic nitrogens is 3. The summed E-state index contributed by atoms with van der Waals surface area (Å²) < 4.78 is 2.04. The van der Waals surface area contributed by atoms with Crippen LogP contribution in [0.25, 0.3) is 21.7 Å². The van der Waals surface area contributed by atoms with Gasteiger partial charge in [0.25, 0.3) is 5.56 Å². The molecule has 0 amide bonds. The number of aryl methyl sites for hydroxylation is 1. The van der Waals surface area contributed by atoms with Gasteiger partial charge in [-0.3, -0.25) is 13.9 Å². The van der Waals surface area contributed by atoms with E-state index >= 15 is 0 Å². The Hall–Kier alpha value is -2.67. The molecule has 23 heavy (non-hydrogen) atoms. The average Bonchev–Trinajstić information content (AvgIpc) is 2.93. The number of rotatable bonds is 2. The fourth-order valence-electron chi connectivity index (χ4n) is 2.42. The third-order valence-corrected chi connectivity index (χ3v) is 4.63. The molecule has 0 spiro atoms. The summed E-state index contributed by atoms with van der Waals surface area (Å²) in [7, 11) is 2.82. The molecule has 0 bridgehead atoms. The largest absolute Gasteiger partial charge is 0.494 e. The van der Waals surface area contributed by atoms with E-state index in [2.05, 4.69) is 4.98 Å². The highest BCUT2D eigenvalue weighted by molar-refractivity contribution is 7.15. The molecule has 3 aromatic rings. The summed E-state index contributed by atoms with van der Waals surface area (Å²) in [5.41, 5.74) is 0.463. The zero-order valence-electron chi connectivity index (χ0n) is 12.9. The predicted molar refractivity (Wildman–Crippen MR) is 89.9 cm³/mol. The summed E-state index contributed by atoms with van der Waals surface area (Å²) in [4.78, 5) is 29.5. The lowest BCUT2D eigenvalue weighted by molar-refractivity contribution is 0.415. The van der Waals surface area contributed by atoms with Crippen molar-refractivity contribution in [1.29, 1.82) is 0 Å². The van der Waals surface area contributed by atoms with Crippen LogP contribution in [0.4, 0.5) is 0 Å². The van der Waals surface area contributed by atoms with Crippen LogP contribution in [-0.4, -0.2) is 19.2 Å². The van der Waals surface area contributed by atoms with Gasteiger partial charge in [0.2, 0.25) is 5.88 Å². The molecule has 0 atom stereocenters. The summed E-state index contributed by atoms with van der Waals surface area (Å²) in [5, 5.41) is 11.1. The first kappa shape index (κ1) is 15.2. The van der Waals surface area contributed by atoms with E-state index in [-0.39, 0.29) is 11.4 Å². The maximum absolute atomic E-state index is 12.5. The second kappa shape index (κ2) is 5.51. The van der Waals surface area contributed by atoms with Gasteiger partial charge in [0.1, 0.15) is 5.56 Å². The molecule has 118 valence electrons. The Morgan fingerprint density at radius 3 is 2.39 bits per heavy atom. The number of nitrogens with zero attached hydrogens (tertiary/aromatic N) is 3. The molecule has 1 aromatic carbocycles. The van der Waals surface area contributed by atoms with E-state index in [9.17, 15) is 14.7 Å². The zero-order valence-corrected chi connectivity index (χ0v) is 13.7. The van der Waals surface area contributed by atoms with Crippen molar-refractivity contribution < 1.29 is 5.11 Å². The van der Waals surface area contributed by atoms with Crippen LogP contribution in [0.5, 0.6) is 5.88 Å². The maximum Gasteiger partial charge on any atom is 0.333 e. The summed E-state index contributed by atoms with van der Waals surface area (Å²) in [6.45, 7) is 1.84. The molecule has 0 aliphatic carbocycles. The molecule has 1 N–H and O–H groups in total. The Morgan fingerprint density at radius 1 is 1.09 bits per heavy atom. The highest BCUT2D eigenvalue weighted by Crippen LogP contribution is 2.38. The number of hydrogen-bond donors (Lipinski definition) is 1. The van der Waals surface area contributed by atoms with Gasteiger partial charge in [-0.2, -0.15) is 0 Å². The van der Waals surface area contributed by atoms with Gasteiger partial charge in [0, 0.05) is 19.7 Å². The van der Waals surface area contributed by atoms with Crippen molar-refractivity contribution >= 4 is 11.3 Å². The molecule has 0 saturated heterocycles. The Kier molecular flexibility index (Phi) is 3.65. The molecule has 0 unspecified atom stereocenters.